The smallest absolute Gasteiger partial charge is 0.274 e. The number of rotatable bonds is 5. The van der Waals surface area contributed by atoms with Crippen LogP contribution in [-0.4, -0.2) is 52.1 Å². The highest BCUT2D eigenvalue weighted by Gasteiger charge is 2.32. The predicted molar refractivity (Wildman–Crippen MR) is 132 cm³/mol. The fourth-order valence-electron chi connectivity index (χ4n) is 4.73. The molecule has 35 heavy (non-hydrogen) atoms. The average molecular weight is 473 g/mol. The van der Waals surface area contributed by atoms with E-state index in [-0.39, 0.29) is 29.4 Å². The molecule has 5 rings (SSSR count). The Hall–Kier alpha value is -3.82. The van der Waals surface area contributed by atoms with E-state index < -0.39 is 12.1 Å². The SMILES string of the molecule is Nc1ncc(-c2cccc(C(=O)N[C@@H]3c4ccccc4C[C@@H]3O)c2)nc1C(=O)NC1CCCNC1. The Morgan fingerprint density at radius 3 is 2.77 bits per heavy atom. The van der Waals surface area contributed by atoms with Crippen molar-refractivity contribution >= 4 is 17.6 Å². The first-order chi connectivity index (χ1) is 17.0. The van der Waals surface area contributed by atoms with Crippen LogP contribution in [0.2, 0.25) is 0 Å². The third-order valence-corrected chi connectivity index (χ3v) is 6.56. The van der Waals surface area contributed by atoms with E-state index in [0.717, 1.165) is 30.5 Å². The molecule has 1 aromatic heterocycles. The minimum atomic E-state index is -0.678. The Labute approximate surface area is 203 Å². The summed E-state index contributed by atoms with van der Waals surface area (Å²) >= 11 is 0. The van der Waals surface area contributed by atoms with Crippen molar-refractivity contribution in [2.24, 2.45) is 0 Å². The van der Waals surface area contributed by atoms with E-state index in [1.165, 1.54) is 6.20 Å². The number of hydrogen-bond donors (Lipinski definition) is 5. The summed E-state index contributed by atoms with van der Waals surface area (Å²) in [6.07, 6.45) is 3.20. The second kappa shape index (κ2) is 9.81. The molecule has 2 amide bonds. The number of carbonyl (C=O) groups is 2. The van der Waals surface area contributed by atoms with E-state index >= 15 is 0 Å². The quantitative estimate of drug-likeness (QED) is 0.380. The fraction of sp³-hybridized carbons (Fsp3) is 0.308. The van der Waals surface area contributed by atoms with E-state index in [4.69, 9.17) is 5.73 Å². The van der Waals surface area contributed by atoms with Gasteiger partial charge in [0.15, 0.2) is 11.5 Å². The van der Waals surface area contributed by atoms with Gasteiger partial charge < -0.3 is 26.8 Å². The van der Waals surface area contributed by atoms with Crippen LogP contribution < -0.4 is 21.7 Å². The standard InChI is InChI=1S/C26H28N6O3/c27-24-23(26(35)30-18-8-4-10-28-13-18)31-20(14-29-24)16-6-3-7-17(11-16)25(34)32-22-19-9-2-1-5-15(19)12-21(22)33/h1-3,5-7,9,11,14,18,21-22,28,33H,4,8,10,12-13H2,(H2,27,29)(H,30,35)(H,32,34)/t18?,21-,22+/m0/s1. The summed E-state index contributed by atoms with van der Waals surface area (Å²) < 4.78 is 0. The van der Waals surface area contributed by atoms with Crippen molar-refractivity contribution in [2.75, 3.05) is 18.8 Å². The van der Waals surface area contributed by atoms with Gasteiger partial charge in [0, 0.05) is 30.1 Å². The van der Waals surface area contributed by atoms with Crippen LogP contribution in [-0.2, 0) is 6.42 Å². The maximum atomic E-state index is 13.0. The summed E-state index contributed by atoms with van der Waals surface area (Å²) in [6, 6.07) is 14.2. The summed E-state index contributed by atoms with van der Waals surface area (Å²) in [5.41, 5.74) is 9.46. The number of benzene rings is 2. The number of nitrogen functional groups attached to an aromatic ring is 1. The number of fused-ring (bicyclic) bond motifs is 1. The number of piperidine rings is 1. The van der Waals surface area contributed by atoms with Gasteiger partial charge in [0.05, 0.1) is 24.0 Å². The van der Waals surface area contributed by atoms with Gasteiger partial charge >= 0.3 is 0 Å². The van der Waals surface area contributed by atoms with Crippen molar-refractivity contribution in [1.82, 2.24) is 25.9 Å². The lowest BCUT2D eigenvalue weighted by atomic mass is 10.1. The number of aliphatic hydroxyl groups excluding tert-OH is 1. The zero-order valence-electron chi connectivity index (χ0n) is 19.2. The molecular weight excluding hydrogens is 444 g/mol. The van der Waals surface area contributed by atoms with E-state index in [1.54, 1.807) is 24.3 Å². The first-order valence-electron chi connectivity index (χ1n) is 11.8. The summed E-state index contributed by atoms with van der Waals surface area (Å²) in [5.74, 6) is -0.620. The molecule has 2 aromatic carbocycles. The molecule has 0 bridgehead atoms. The number of hydrogen-bond acceptors (Lipinski definition) is 7. The maximum absolute atomic E-state index is 13.0. The molecule has 0 saturated carbocycles. The number of nitrogens with one attached hydrogen (secondary N) is 3. The molecular formula is C26H28N6O3. The monoisotopic (exact) mass is 472 g/mol. The van der Waals surface area contributed by atoms with Gasteiger partial charge in [0.1, 0.15) is 0 Å². The van der Waals surface area contributed by atoms with Crippen LogP contribution in [0.3, 0.4) is 0 Å². The van der Waals surface area contributed by atoms with Crippen LogP contribution in [0, 0.1) is 0 Å². The van der Waals surface area contributed by atoms with Gasteiger partial charge in [0.2, 0.25) is 0 Å². The largest absolute Gasteiger partial charge is 0.390 e. The summed E-state index contributed by atoms with van der Waals surface area (Å²) in [6.45, 7) is 1.65. The highest BCUT2D eigenvalue weighted by molar-refractivity contribution is 5.97. The van der Waals surface area contributed by atoms with E-state index in [1.807, 2.05) is 24.3 Å². The number of anilines is 1. The molecule has 180 valence electrons. The third-order valence-electron chi connectivity index (χ3n) is 6.56. The summed E-state index contributed by atoms with van der Waals surface area (Å²) in [5, 5.41) is 19.7. The van der Waals surface area contributed by atoms with Crippen LogP contribution in [0.15, 0.2) is 54.7 Å². The lowest BCUT2D eigenvalue weighted by Crippen LogP contribution is -2.46. The number of aliphatic hydroxyl groups is 1. The Balaban J connectivity index is 1.34. The Morgan fingerprint density at radius 2 is 1.94 bits per heavy atom. The lowest BCUT2D eigenvalue weighted by Gasteiger charge is -2.23. The first kappa shape index (κ1) is 22.9. The van der Waals surface area contributed by atoms with Crippen molar-refractivity contribution in [3.8, 4) is 11.3 Å². The van der Waals surface area contributed by atoms with Gasteiger partial charge in [-0.15, -0.1) is 0 Å². The lowest BCUT2D eigenvalue weighted by molar-refractivity contribution is 0.0857. The fourth-order valence-corrected chi connectivity index (χ4v) is 4.73. The maximum Gasteiger partial charge on any atom is 0.274 e. The Kier molecular flexibility index (Phi) is 6.43. The second-order valence-electron chi connectivity index (χ2n) is 9.01. The number of amides is 2. The molecule has 1 aliphatic heterocycles. The predicted octanol–water partition coefficient (Wildman–Crippen LogP) is 1.60. The summed E-state index contributed by atoms with van der Waals surface area (Å²) in [7, 11) is 0. The van der Waals surface area contributed by atoms with Crippen LogP contribution in [0.5, 0.6) is 0 Å². The van der Waals surface area contributed by atoms with Crippen LogP contribution in [0.4, 0.5) is 5.82 Å². The van der Waals surface area contributed by atoms with Gasteiger partial charge in [-0.25, -0.2) is 9.97 Å². The number of carbonyl (C=O) groups excluding carboxylic acids is 2. The second-order valence-corrected chi connectivity index (χ2v) is 9.01. The zero-order valence-corrected chi connectivity index (χ0v) is 19.2. The summed E-state index contributed by atoms with van der Waals surface area (Å²) in [4.78, 5) is 34.5. The zero-order chi connectivity index (χ0) is 24.4. The average Bonchev–Trinajstić information content (AvgIpc) is 3.19. The van der Waals surface area contributed by atoms with Crippen LogP contribution >= 0.6 is 0 Å². The van der Waals surface area contributed by atoms with E-state index in [2.05, 4.69) is 25.9 Å². The van der Waals surface area contributed by atoms with E-state index in [9.17, 15) is 14.7 Å². The van der Waals surface area contributed by atoms with Crippen molar-refractivity contribution in [3.05, 3.63) is 77.1 Å². The van der Waals surface area contributed by atoms with Crippen LogP contribution in [0.25, 0.3) is 11.3 Å². The molecule has 9 heteroatoms. The molecule has 6 N–H and O–H groups in total. The van der Waals surface area contributed by atoms with Crippen molar-refractivity contribution < 1.29 is 14.7 Å². The van der Waals surface area contributed by atoms with Crippen molar-refractivity contribution in [1.29, 1.82) is 0 Å². The first-order valence-corrected chi connectivity index (χ1v) is 11.8. The third kappa shape index (κ3) is 4.87. The van der Waals surface area contributed by atoms with Crippen molar-refractivity contribution in [3.63, 3.8) is 0 Å². The molecule has 0 radical (unpaired) electrons. The van der Waals surface area contributed by atoms with Gasteiger partial charge in [-0.1, -0.05) is 36.4 Å². The number of aromatic nitrogens is 2. The van der Waals surface area contributed by atoms with Crippen LogP contribution in [0.1, 0.15) is 50.9 Å². The number of nitrogens with zero attached hydrogens (tertiary/aromatic N) is 2. The van der Waals surface area contributed by atoms with E-state index in [0.29, 0.717) is 29.8 Å². The molecule has 1 unspecified atom stereocenters. The van der Waals surface area contributed by atoms with Gasteiger partial charge in [-0.3, -0.25) is 9.59 Å². The highest BCUT2D eigenvalue weighted by Crippen LogP contribution is 2.31. The molecule has 3 aromatic rings. The van der Waals surface area contributed by atoms with Gasteiger partial charge in [0.25, 0.3) is 11.8 Å². The Morgan fingerprint density at radius 1 is 1.09 bits per heavy atom. The minimum Gasteiger partial charge on any atom is -0.390 e. The molecule has 0 spiro atoms. The Bertz CT molecular complexity index is 1260. The minimum absolute atomic E-state index is 0.0178. The molecule has 1 fully saturated rings. The molecule has 1 saturated heterocycles. The van der Waals surface area contributed by atoms with Gasteiger partial charge in [-0.05, 0) is 42.6 Å². The molecule has 9 nitrogen and oxygen atoms in total. The molecule has 3 atom stereocenters. The highest BCUT2D eigenvalue weighted by atomic mass is 16.3. The topological polar surface area (TPSA) is 142 Å². The molecule has 1 aliphatic carbocycles. The van der Waals surface area contributed by atoms with Crippen molar-refractivity contribution in [2.45, 2.75) is 37.5 Å². The normalized spacial score (nSPS) is 21.2. The molecule has 2 heterocycles. The molecule has 2 aliphatic rings. The number of nitrogens with two attached hydrogens (primary N) is 1. The van der Waals surface area contributed by atoms with Gasteiger partial charge in [-0.2, -0.15) is 0 Å².